The third kappa shape index (κ3) is 4.96. The Kier molecular flexibility index (Phi) is 6.06. The SMILES string of the molecule is Cc1ccc(C(OC(c2ccc(C)cc2)c2ccc(O)cc2)c2ccc(O)cc2)cc1. The summed E-state index contributed by atoms with van der Waals surface area (Å²) in [6, 6.07) is 30.9. The molecule has 0 saturated heterocycles. The number of hydrogen-bond acceptors (Lipinski definition) is 3. The molecule has 2 atom stereocenters. The van der Waals surface area contributed by atoms with E-state index < -0.39 is 0 Å². The minimum absolute atomic E-state index is 0.222. The summed E-state index contributed by atoms with van der Waals surface area (Å²) in [5.41, 5.74) is 6.35. The standard InChI is InChI=1S/C28H26O3/c1-19-3-7-21(8-4-19)27(23-11-15-25(29)16-12-23)31-28(22-9-5-20(2)6-10-22)24-13-17-26(30)18-14-24/h3-18,27-30H,1-2H3. The second-order valence-corrected chi connectivity index (χ2v) is 7.90. The van der Waals surface area contributed by atoms with Crippen LogP contribution in [0.5, 0.6) is 11.5 Å². The molecular weight excluding hydrogens is 384 g/mol. The van der Waals surface area contributed by atoms with Crippen LogP contribution in [0.25, 0.3) is 0 Å². The molecule has 0 spiro atoms. The predicted molar refractivity (Wildman–Crippen MR) is 123 cm³/mol. The van der Waals surface area contributed by atoms with Gasteiger partial charge in [0.25, 0.3) is 0 Å². The van der Waals surface area contributed by atoms with Crippen LogP contribution in [0.3, 0.4) is 0 Å². The molecule has 3 heteroatoms. The third-order valence-corrected chi connectivity index (χ3v) is 5.42. The Balaban J connectivity index is 1.79. The first-order valence-corrected chi connectivity index (χ1v) is 10.4. The second-order valence-electron chi connectivity index (χ2n) is 7.90. The van der Waals surface area contributed by atoms with E-state index in [1.807, 2.05) is 24.3 Å². The molecule has 0 saturated carbocycles. The van der Waals surface area contributed by atoms with Crippen LogP contribution in [0, 0.1) is 13.8 Å². The zero-order chi connectivity index (χ0) is 21.8. The molecule has 0 aromatic heterocycles. The van der Waals surface area contributed by atoms with E-state index in [1.165, 1.54) is 11.1 Å². The van der Waals surface area contributed by atoms with Gasteiger partial charge in [-0.2, -0.15) is 0 Å². The summed E-state index contributed by atoms with van der Waals surface area (Å²) in [7, 11) is 0. The molecule has 4 aromatic rings. The normalized spacial score (nSPS) is 13.0. The van der Waals surface area contributed by atoms with E-state index in [9.17, 15) is 10.2 Å². The lowest BCUT2D eigenvalue weighted by molar-refractivity contribution is 0.0308. The fraction of sp³-hybridized carbons (Fsp3) is 0.143. The smallest absolute Gasteiger partial charge is 0.115 e. The lowest BCUT2D eigenvalue weighted by Gasteiger charge is -2.27. The van der Waals surface area contributed by atoms with Gasteiger partial charge in [-0.25, -0.2) is 0 Å². The Labute approximate surface area is 183 Å². The van der Waals surface area contributed by atoms with Crippen molar-refractivity contribution in [3.05, 3.63) is 130 Å². The van der Waals surface area contributed by atoms with Gasteiger partial charge in [-0.15, -0.1) is 0 Å². The van der Waals surface area contributed by atoms with Gasteiger partial charge in [-0.3, -0.25) is 0 Å². The molecule has 0 amide bonds. The van der Waals surface area contributed by atoms with Crippen molar-refractivity contribution >= 4 is 0 Å². The number of benzene rings is 4. The summed E-state index contributed by atoms with van der Waals surface area (Å²) < 4.78 is 6.79. The van der Waals surface area contributed by atoms with Crippen LogP contribution < -0.4 is 0 Å². The van der Waals surface area contributed by atoms with Crippen LogP contribution in [-0.4, -0.2) is 10.2 Å². The fourth-order valence-electron chi connectivity index (χ4n) is 3.62. The predicted octanol–water partition coefficient (Wildman–Crippen LogP) is 6.61. The molecule has 31 heavy (non-hydrogen) atoms. The van der Waals surface area contributed by atoms with Gasteiger partial charge in [0.15, 0.2) is 0 Å². The summed E-state index contributed by atoms with van der Waals surface area (Å²) in [5, 5.41) is 19.5. The highest BCUT2D eigenvalue weighted by Gasteiger charge is 2.23. The van der Waals surface area contributed by atoms with Gasteiger partial charge in [0.2, 0.25) is 0 Å². The van der Waals surface area contributed by atoms with Crippen LogP contribution in [-0.2, 0) is 4.74 Å². The summed E-state index contributed by atoms with van der Waals surface area (Å²) in [5.74, 6) is 0.444. The Morgan fingerprint density at radius 3 is 1.00 bits per heavy atom. The van der Waals surface area contributed by atoms with E-state index in [0.29, 0.717) is 0 Å². The highest BCUT2D eigenvalue weighted by Crippen LogP contribution is 2.37. The van der Waals surface area contributed by atoms with Crippen molar-refractivity contribution in [2.75, 3.05) is 0 Å². The van der Waals surface area contributed by atoms with Gasteiger partial charge in [-0.1, -0.05) is 83.9 Å². The molecule has 4 aromatic carbocycles. The van der Waals surface area contributed by atoms with Gasteiger partial charge in [0.1, 0.15) is 23.7 Å². The monoisotopic (exact) mass is 410 g/mol. The van der Waals surface area contributed by atoms with Crippen molar-refractivity contribution in [3.63, 3.8) is 0 Å². The number of hydrogen-bond donors (Lipinski definition) is 2. The van der Waals surface area contributed by atoms with Crippen LogP contribution >= 0.6 is 0 Å². The number of aromatic hydroxyl groups is 2. The van der Waals surface area contributed by atoms with Crippen LogP contribution in [0.4, 0.5) is 0 Å². The quantitative estimate of drug-likeness (QED) is 0.376. The van der Waals surface area contributed by atoms with Crippen molar-refractivity contribution in [2.24, 2.45) is 0 Å². The Hall–Kier alpha value is -3.56. The maximum atomic E-state index is 9.77. The molecule has 2 N–H and O–H groups in total. The highest BCUT2D eigenvalue weighted by molar-refractivity contribution is 5.38. The number of rotatable bonds is 6. The first-order valence-electron chi connectivity index (χ1n) is 10.4. The van der Waals surface area contributed by atoms with Crippen LogP contribution in [0.1, 0.15) is 45.6 Å². The largest absolute Gasteiger partial charge is 0.508 e. The van der Waals surface area contributed by atoms with E-state index >= 15 is 0 Å². The Morgan fingerprint density at radius 1 is 0.452 bits per heavy atom. The number of phenolic OH excluding ortho intramolecular Hbond substituents is 2. The van der Waals surface area contributed by atoms with Crippen LogP contribution in [0.2, 0.25) is 0 Å². The molecule has 0 aliphatic carbocycles. The zero-order valence-electron chi connectivity index (χ0n) is 17.7. The summed E-state index contributed by atoms with van der Waals surface area (Å²) in [6.45, 7) is 4.12. The fourth-order valence-corrected chi connectivity index (χ4v) is 3.62. The molecule has 2 unspecified atom stereocenters. The van der Waals surface area contributed by atoms with Crippen molar-refractivity contribution in [1.29, 1.82) is 0 Å². The van der Waals surface area contributed by atoms with Crippen molar-refractivity contribution in [2.45, 2.75) is 26.1 Å². The van der Waals surface area contributed by atoms with Crippen molar-refractivity contribution in [3.8, 4) is 11.5 Å². The number of phenols is 2. The van der Waals surface area contributed by atoms with E-state index in [1.54, 1.807) is 24.3 Å². The van der Waals surface area contributed by atoms with E-state index in [4.69, 9.17) is 4.74 Å². The van der Waals surface area contributed by atoms with Gasteiger partial charge in [-0.05, 0) is 60.4 Å². The molecule has 156 valence electrons. The summed E-state index contributed by atoms with van der Waals surface area (Å²) in [4.78, 5) is 0. The molecular formula is C28H26O3. The zero-order valence-corrected chi connectivity index (χ0v) is 17.7. The lowest BCUT2D eigenvalue weighted by atomic mass is 9.97. The minimum Gasteiger partial charge on any atom is -0.508 e. The molecule has 0 heterocycles. The summed E-state index contributed by atoms with van der Waals surface area (Å²) in [6.07, 6.45) is -0.664. The van der Waals surface area contributed by atoms with Crippen molar-refractivity contribution in [1.82, 2.24) is 0 Å². The molecule has 0 radical (unpaired) electrons. The Bertz CT molecular complexity index is 929. The topological polar surface area (TPSA) is 49.7 Å². The number of ether oxygens (including phenoxy) is 1. The average Bonchev–Trinajstić information content (AvgIpc) is 2.78. The van der Waals surface area contributed by atoms with E-state index in [-0.39, 0.29) is 23.7 Å². The molecule has 4 rings (SSSR count). The van der Waals surface area contributed by atoms with Gasteiger partial charge >= 0.3 is 0 Å². The maximum absolute atomic E-state index is 9.77. The van der Waals surface area contributed by atoms with Gasteiger partial charge in [0, 0.05) is 0 Å². The maximum Gasteiger partial charge on any atom is 0.115 e. The van der Waals surface area contributed by atoms with Gasteiger partial charge < -0.3 is 14.9 Å². The van der Waals surface area contributed by atoms with E-state index in [2.05, 4.69) is 62.4 Å². The first kappa shape index (κ1) is 20.7. The average molecular weight is 411 g/mol. The highest BCUT2D eigenvalue weighted by atomic mass is 16.5. The van der Waals surface area contributed by atoms with Crippen LogP contribution in [0.15, 0.2) is 97.1 Å². The molecule has 0 bridgehead atoms. The molecule has 0 aliphatic rings. The Morgan fingerprint density at radius 2 is 0.710 bits per heavy atom. The molecule has 3 nitrogen and oxygen atoms in total. The lowest BCUT2D eigenvalue weighted by Crippen LogP contribution is -2.13. The molecule has 0 aliphatic heterocycles. The minimum atomic E-state index is -0.332. The van der Waals surface area contributed by atoms with E-state index in [0.717, 1.165) is 22.3 Å². The number of aryl methyl sites for hydroxylation is 2. The van der Waals surface area contributed by atoms with Gasteiger partial charge in [0.05, 0.1) is 0 Å². The third-order valence-electron chi connectivity index (χ3n) is 5.42. The molecule has 0 fully saturated rings. The first-order chi connectivity index (χ1) is 15.0. The second kappa shape index (κ2) is 9.07. The van der Waals surface area contributed by atoms with Crippen molar-refractivity contribution < 1.29 is 14.9 Å². The summed E-state index contributed by atoms with van der Waals surface area (Å²) >= 11 is 0.